The van der Waals surface area contributed by atoms with Crippen molar-refractivity contribution in [1.82, 2.24) is 0 Å². The topological polar surface area (TPSA) is 35.5 Å². The van der Waals surface area contributed by atoms with E-state index < -0.39 is 0 Å². The molecular formula is C12H13BrO3. The fourth-order valence-electron chi connectivity index (χ4n) is 1.98. The van der Waals surface area contributed by atoms with Crippen LogP contribution in [0, 0.1) is 6.92 Å². The smallest absolute Gasteiger partial charge is 0.231 e. The first-order valence-electron chi connectivity index (χ1n) is 5.17. The molecule has 3 nitrogen and oxygen atoms in total. The zero-order valence-corrected chi connectivity index (χ0v) is 10.8. The minimum atomic E-state index is 0.144. The van der Waals surface area contributed by atoms with Gasteiger partial charge < -0.3 is 14.3 Å². The summed E-state index contributed by atoms with van der Waals surface area (Å²) in [5.74, 6) is 1.69. The quantitative estimate of drug-likeness (QED) is 0.800. The summed E-state index contributed by atoms with van der Waals surface area (Å²) in [5.41, 5.74) is 2.17. The van der Waals surface area contributed by atoms with Gasteiger partial charge in [-0.15, -0.1) is 0 Å². The second-order valence-electron chi connectivity index (χ2n) is 3.93. The van der Waals surface area contributed by atoms with E-state index in [1.807, 2.05) is 19.9 Å². The minimum Gasteiger partial charge on any atom is -0.454 e. The number of carbonyl (C=O) groups is 1. The Balaban J connectivity index is 2.53. The highest BCUT2D eigenvalue weighted by Crippen LogP contribution is 2.44. The van der Waals surface area contributed by atoms with Crippen LogP contribution in [0.25, 0.3) is 0 Å². The van der Waals surface area contributed by atoms with Gasteiger partial charge in [0.2, 0.25) is 6.79 Å². The van der Waals surface area contributed by atoms with Crippen LogP contribution in [0.1, 0.15) is 30.4 Å². The molecule has 86 valence electrons. The fourth-order valence-corrected chi connectivity index (χ4v) is 2.41. The van der Waals surface area contributed by atoms with Crippen molar-refractivity contribution in [3.63, 3.8) is 0 Å². The van der Waals surface area contributed by atoms with Crippen LogP contribution in [0.2, 0.25) is 0 Å². The van der Waals surface area contributed by atoms with Crippen LogP contribution in [0.3, 0.4) is 0 Å². The molecule has 1 unspecified atom stereocenters. The van der Waals surface area contributed by atoms with Gasteiger partial charge in [0.25, 0.3) is 0 Å². The fraction of sp³-hybridized carbons (Fsp3) is 0.417. The summed E-state index contributed by atoms with van der Waals surface area (Å²) in [6.45, 7) is 4.29. The van der Waals surface area contributed by atoms with Crippen LogP contribution in [0.5, 0.6) is 11.5 Å². The Bertz CT molecular complexity index is 429. The van der Waals surface area contributed by atoms with Crippen molar-refractivity contribution in [2.75, 3.05) is 6.79 Å². The van der Waals surface area contributed by atoms with Crippen molar-refractivity contribution < 1.29 is 14.3 Å². The second kappa shape index (κ2) is 4.45. The zero-order valence-electron chi connectivity index (χ0n) is 9.25. The summed E-state index contributed by atoms with van der Waals surface area (Å²) >= 11 is 3.50. The third-order valence-corrected chi connectivity index (χ3v) is 3.67. The van der Waals surface area contributed by atoms with Crippen molar-refractivity contribution in [3.05, 3.63) is 21.7 Å². The lowest BCUT2D eigenvalue weighted by Crippen LogP contribution is -2.01. The number of hydrogen-bond acceptors (Lipinski definition) is 3. The van der Waals surface area contributed by atoms with Gasteiger partial charge in [-0.05, 0) is 24.5 Å². The standard InChI is InChI=1S/C12H13BrO3/c1-7(3-4-14)11-8(2)9(13)5-10-12(11)16-6-15-10/h4-5,7H,3,6H2,1-2H3. The predicted octanol–water partition coefficient (Wildman–Crippen LogP) is 3.18. The molecule has 16 heavy (non-hydrogen) atoms. The molecule has 0 radical (unpaired) electrons. The van der Waals surface area contributed by atoms with Crippen LogP contribution < -0.4 is 9.47 Å². The highest BCUT2D eigenvalue weighted by molar-refractivity contribution is 9.10. The number of benzene rings is 1. The molecule has 2 rings (SSSR count). The molecule has 1 aliphatic heterocycles. The summed E-state index contributed by atoms with van der Waals surface area (Å²) < 4.78 is 11.8. The van der Waals surface area contributed by atoms with E-state index in [1.165, 1.54) is 0 Å². The maximum absolute atomic E-state index is 10.6. The van der Waals surface area contributed by atoms with Crippen molar-refractivity contribution in [2.45, 2.75) is 26.2 Å². The van der Waals surface area contributed by atoms with Gasteiger partial charge in [-0.3, -0.25) is 0 Å². The van der Waals surface area contributed by atoms with Gasteiger partial charge >= 0.3 is 0 Å². The van der Waals surface area contributed by atoms with E-state index >= 15 is 0 Å². The van der Waals surface area contributed by atoms with E-state index in [0.29, 0.717) is 6.42 Å². The molecule has 1 aromatic carbocycles. The molecule has 0 aromatic heterocycles. The molecule has 0 saturated carbocycles. The lowest BCUT2D eigenvalue weighted by Gasteiger charge is -2.16. The number of aldehydes is 1. The third-order valence-electron chi connectivity index (χ3n) is 2.85. The van der Waals surface area contributed by atoms with Crippen molar-refractivity contribution in [3.8, 4) is 11.5 Å². The molecule has 1 aliphatic rings. The van der Waals surface area contributed by atoms with Crippen LogP contribution in [0.4, 0.5) is 0 Å². The Morgan fingerprint density at radius 1 is 1.56 bits per heavy atom. The molecule has 4 heteroatoms. The average Bonchev–Trinajstić information content (AvgIpc) is 2.67. The van der Waals surface area contributed by atoms with E-state index in [-0.39, 0.29) is 12.7 Å². The Morgan fingerprint density at radius 2 is 2.31 bits per heavy atom. The van der Waals surface area contributed by atoms with E-state index in [1.54, 1.807) is 0 Å². The van der Waals surface area contributed by atoms with Gasteiger partial charge in [-0.2, -0.15) is 0 Å². The highest BCUT2D eigenvalue weighted by Gasteiger charge is 2.24. The number of carbonyl (C=O) groups excluding carboxylic acids is 1. The molecule has 0 spiro atoms. The summed E-state index contributed by atoms with van der Waals surface area (Å²) in [5, 5.41) is 0. The Labute approximate surface area is 103 Å². The molecule has 1 heterocycles. The SMILES string of the molecule is Cc1c(Br)cc2c(c1C(C)CC=O)OCO2. The highest BCUT2D eigenvalue weighted by atomic mass is 79.9. The van der Waals surface area contributed by atoms with Crippen molar-refractivity contribution >= 4 is 22.2 Å². The van der Waals surface area contributed by atoms with E-state index in [9.17, 15) is 4.79 Å². The Hall–Kier alpha value is -1.03. The first-order chi connectivity index (χ1) is 7.65. The number of halogens is 1. The van der Waals surface area contributed by atoms with Gasteiger partial charge in [0.1, 0.15) is 6.29 Å². The van der Waals surface area contributed by atoms with Gasteiger partial charge in [0.05, 0.1) is 0 Å². The van der Waals surface area contributed by atoms with E-state index in [0.717, 1.165) is 33.4 Å². The molecule has 1 aromatic rings. The molecule has 0 bridgehead atoms. The lowest BCUT2D eigenvalue weighted by molar-refractivity contribution is -0.108. The van der Waals surface area contributed by atoms with Gasteiger partial charge in [-0.25, -0.2) is 0 Å². The predicted molar refractivity (Wildman–Crippen MR) is 64.1 cm³/mol. The lowest BCUT2D eigenvalue weighted by atomic mass is 9.93. The Kier molecular flexibility index (Phi) is 3.19. The van der Waals surface area contributed by atoms with Crippen LogP contribution in [-0.4, -0.2) is 13.1 Å². The van der Waals surface area contributed by atoms with Crippen LogP contribution >= 0.6 is 15.9 Å². The maximum atomic E-state index is 10.6. The molecule has 0 N–H and O–H groups in total. The maximum Gasteiger partial charge on any atom is 0.231 e. The van der Waals surface area contributed by atoms with Gasteiger partial charge in [0, 0.05) is 16.5 Å². The summed E-state index contributed by atoms with van der Waals surface area (Å²) in [6, 6.07) is 1.91. The number of hydrogen-bond donors (Lipinski definition) is 0. The Morgan fingerprint density at radius 3 is 3.00 bits per heavy atom. The monoisotopic (exact) mass is 284 g/mol. The molecule has 0 saturated heterocycles. The van der Waals surface area contributed by atoms with Crippen molar-refractivity contribution in [2.24, 2.45) is 0 Å². The minimum absolute atomic E-state index is 0.144. The first-order valence-corrected chi connectivity index (χ1v) is 5.96. The molecule has 1 atom stereocenters. The van der Waals surface area contributed by atoms with Crippen LogP contribution in [0.15, 0.2) is 10.5 Å². The normalized spacial score (nSPS) is 14.9. The number of fused-ring (bicyclic) bond motifs is 1. The zero-order chi connectivity index (χ0) is 11.7. The number of rotatable bonds is 3. The summed E-state index contributed by atoms with van der Waals surface area (Å²) in [7, 11) is 0. The van der Waals surface area contributed by atoms with Gasteiger partial charge in [0.15, 0.2) is 11.5 Å². The first kappa shape index (κ1) is 11.5. The third kappa shape index (κ3) is 1.82. The van der Waals surface area contributed by atoms with Crippen molar-refractivity contribution in [1.29, 1.82) is 0 Å². The summed E-state index contributed by atoms with van der Waals surface area (Å²) in [6.07, 6.45) is 1.43. The second-order valence-corrected chi connectivity index (χ2v) is 4.79. The van der Waals surface area contributed by atoms with Gasteiger partial charge in [-0.1, -0.05) is 22.9 Å². The average molecular weight is 285 g/mol. The van der Waals surface area contributed by atoms with E-state index in [4.69, 9.17) is 9.47 Å². The van der Waals surface area contributed by atoms with Crippen LogP contribution in [-0.2, 0) is 4.79 Å². The molecule has 0 aliphatic carbocycles. The van der Waals surface area contributed by atoms with E-state index in [2.05, 4.69) is 15.9 Å². The molecular weight excluding hydrogens is 272 g/mol. The largest absolute Gasteiger partial charge is 0.454 e. The molecule has 0 amide bonds. The number of ether oxygens (including phenoxy) is 2. The summed E-state index contributed by atoms with van der Waals surface area (Å²) in [4.78, 5) is 10.6. The molecule has 0 fully saturated rings.